The minimum atomic E-state index is 0.488. The van der Waals surface area contributed by atoms with Crippen LogP contribution in [0.5, 0.6) is 5.75 Å². The molecule has 0 spiro atoms. The van der Waals surface area contributed by atoms with Crippen LogP contribution in [0.2, 0.25) is 0 Å². The third-order valence-electron chi connectivity index (χ3n) is 4.12. The molecule has 1 aromatic carbocycles. The highest BCUT2D eigenvalue weighted by Crippen LogP contribution is 2.41. The van der Waals surface area contributed by atoms with Gasteiger partial charge in [-0.25, -0.2) is 4.68 Å². The van der Waals surface area contributed by atoms with Crippen LogP contribution in [0.3, 0.4) is 0 Å². The average Bonchev–Trinajstić information content (AvgIpc) is 3.29. The van der Waals surface area contributed by atoms with Crippen LogP contribution in [0.4, 0.5) is 0 Å². The van der Waals surface area contributed by atoms with Gasteiger partial charge >= 0.3 is 0 Å². The van der Waals surface area contributed by atoms with E-state index in [2.05, 4.69) is 23.3 Å². The minimum absolute atomic E-state index is 0.488. The first-order chi connectivity index (χ1) is 10.8. The van der Waals surface area contributed by atoms with E-state index in [1.807, 2.05) is 22.9 Å². The van der Waals surface area contributed by atoms with Crippen molar-refractivity contribution in [3.63, 3.8) is 0 Å². The largest absolute Gasteiger partial charge is 0.493 e. The summed E-state index contributed by atoms with van der Waals surface area (Å²) in [6, 6.07) is 8.13. The van der Waals surface area contributed by atoms with Gasteiger partial charge in [0.05, 0.1) is 18.0 Å². The van der Waals surface area contributed by atoms with Crippen LogP contribution < -0.4 is 10.5 Å². The fourth-order valence-corrected chi connectivity index (χ4v) is 2.73. The number of ether oxygens (including phenoxy) is 1. The van der Waals surface area contributed by atoms with Gasteiger partial charge in [-0.2, -0.15) is 0 Å². The molecule has 0 bridgehead atoms. The second-order valence-electron chi connectivity index (χ2n) is 5.94. The van der Waals surface area contributed by atoms with E-state index < -0.39 is 0 Å². The smallest absolute Gasteiger partial charge is 0.122 e. The van der Waals surface area contributed by atoms with Gasteiger partial charge in [0.2, 0.25) is 0 Å². The van der Waals surface area contributed by atoms with Crippen LogP contribution in [-0.2, 0) is 13.1 Å². The Labute approximate surface area is 131 Å². The molecule has 5 heteroatoms. The SMILES string of the molecule is Cc1ccccc1OCCCCn1nnc(CN)c1C1CC1. The lowest BCUT2D eigenvalue weighted by Crippen LogP contribution is -2.08. The van der Waals surface area contributed by atoms with Gasteiger partial charge in [-0.05, 0) is 44.2 Å². The van der Waals surface area contributed by atoms with Crippen molar-refractivity contribution >= 4 is 0 Å². The fourth-order valence-electron chi connectivity index (χ4n) is 2.73. The number of para-hydroxylation sites is 1. The molecule has 3 rings (SSSR count). The Hall–Kier alpha value is -1.88. The highest BCUT2D eigenvalue weighted by molar-refractivity contribution is 5.31. The van der Waals surface area contributed by atoms with Crippen molar-refractivity contribution in [2.75, 3.05) is 6.61 Å². The van der Waals surface area contributed by atoms with E-state index in [4.69, 9.17) is 10.5 Å². The molecule has 1 aliphatic carbocycles. The third-order valence-corrected chi connectivity index (χ3v) is 4.12. The standard InChI is InChI=1S/C17H24N4O/c1-13-6-2-3-7-16(13)22-11-5-4-10-21-17(14-8-9-14)15(12-18)19-20-21/h2-3,6-7,14H,4-5,8-12,18H2,1H3. The predicted molar refractivity (Wildman–Crippen MR) is 85.8 cm³/mol. The van der Waals surface area contributed by atoms with Gasteiger partial charge in [-0.3, -0.25) is 0 Å². The molecule has 0 radical (unpaired) electrons. The molecule has 0 atom stereocenters. The summed E-state index contributed by atoms with van der Waals surface area (Å²) in [6.45, 7) is 4.20. The molecule has 0 aliphatic heterocycles. The van der Waals surface area contributed by atoms with Gasteiger partial charge in [0.15, 0.2) is 0 Å². The summed E-state index contributed by atoms with van der Waals surface area (Å²) >= 11 is 0. The van der Waals surface area contributed by atoms with E-state index in [0.717, 1.165) is 37.4 Å². The summed E-state index contributed by atoms with van der Waals surface area (Å²) in [4.78, 5) is 0. The molecule has 22 heavy (non-hydrogen) atoms. The fraction of sp³-hybridized carbons (Fsp3) is 0.529. The molecule has 2 N–H and O–H groups in total. The molecule has 1 heterocycles. The average molecular weight is 300 g/mol. The van der Waals surface area contributed by atoms with E-state index in [9.17, 15) is 0 Å². The number of unbranched alkanes of at least 4 members (excludes halogenated alkanes) is 1. The van der Waals surface area contributed by atoms with Gasteiger partial charge in [0.1, 0.15) is 5.75 Å². The van der Waals surface area contributed by atoms with Gasteiger partial charge in [-0.15, -0.1) is 5.10 Å². The molecule has 2 aromatic rings. The Bertz CT molecular complexity index is 619. The number of aryl methyl sites for hydroxylation is 2. The number of nitrogens with zero attached hydrogens (tertiary/aromatic N) is 3. The highest BCUT2D eigenvalue weighted by atomic mass is 16.5. The monoisotopic (exact) mass is 300 g/mol. The number of nitrogens with two attached hydrogens (primary N) is 1. The summed E-state index contributed by atoms with van der Waals surface area (Å²) in [7, 11) is 0. The number of rotatable bonds is 8. The number of aromatic nitrogens is 3. The molecular weight excluding hydrogens is 276 g/mol. The van der Waals surface area contributed by atoms with Gasteiger partial charge < -0.3 is 10.5 Å². The lowest BCUT2D eigenvalue weighted by Gasteiger charge is -2.09. The molecular formula is C17H24N4O. The Balaban J connectivity index is 1.46. The van der Waals surface area contributed by atoms with Crippen LogP contribution in [0.25, 0.3) is 0 Å². The quantitative estimate of drug-likeness (QED) is 0.761. The molecule has 1 aromatic heterocycles. The van der Waals surface area contributed by atoms with Crippen molar-refractivity contribution in [1.29, 1.82) is 0 Å². The molecule has 1 aliphatic rings. The molecule has 1 fully saturated rings. The molecule has 0 saturated heterocycles. The first-order valence-corrected chi connectivity index (χ1v) is 8.10. The lowest BCUT2D eigenvalue weighted by molar-refractivity contribution is 0.299. The van der Waals surface area contributed by atoms with E-state index in [1.54, 1.807) is 0 Å². The van der Waals surface area contributed by atoms with Crippen LogP contribution in [0.15, 0.2) is 24.3 Å². The first kappa shape index (κ1) is 15.0. The van der Waals surface area contributed by atoms with Crippen molar-refractivity contribution in [2.24, 2.45) is 5.73 Å². The predicted octanol–water partition coefficient (Wildman–Crippen LogP) is 2.78. The maximum absolute atomic E-state index is 5.83. The van der Waals surface area contributed by atoms with Crippen molar-refractivity contribution in [2.45, 2.75) is 51.6 Å². The van der Waals surface area contributed by atoms with E-state index in [0.29, 0.717) is 12.5 Å². The van der Waals surface area contributed by atoms with Crippen LogP contribution in [0, 0.1) is 6.92 Å². The zero-order chi connectivity index (χ0) is 15.4. The Kier molecular flexibility index (Phi) is 4.73. The summed E-state index contributed by atoms with van der Waals surface area (Å²) in [5.41, 5.74) is 9.17. The van der Waals surface area contributed by atoms with E-state index in [-0.39, 0.29) is 0 Å². The van der Waals surface area contributed by atoms with Crippen molar-refractivity contribution < 1.29 is 4.74 Å². The molecule has 5 nitrogen and oxygen atoms in total. The molecule has 1 saturated carbocycles. The van der Waals surface area contributed by atoms with Crippen LogP contribution >= 0.6 is 0 Å². The van der Waals surface area contributed by atoms with Crippen molar-refractivity contribution in [1.82, 2.24) is 15.0 Å². The van der Waals surface area contributed by atoms with Crippen LogP contribution in [0.1, 0.15) is 48.6 Å². The Morgan fingerprint density at radius 3 is 2.82 bits per heavy atom. The first-order valence-electron chi connectivity index (χ1n) is 8.10. The van der Waals surface area contributed by atoms with Crippen LogP contribution in [-0.4, -0.2) is 21.6 Å². The second-order valence-corrected chi connectivity index (χ2v) is 5.94. The Morgan fingerprint density at radius 2 is 2.09 bits per heavy atom. The normalized spacial score (nSPS) is 14.3. The summed E-state index contributed by atoms with van der Waals surface area (Å²) < 4.78 is 7.88. The minimum Gasteiger partial charge on any atom is -0.493 e. The van der Waals surface area contributed by atoms with E-state index >= 15 is 0 Å². The molecule has 0 unspecified atom stereocenters. The number of hydrogen-bond donors (Lipinski definition) is 1. The van der Waals surface area contributed by atoms with E-state index in [1.165, 1.54) is 24.1 Å². The summed E-state index contributed by atoms with van der Waals surface area (Å²) in [5, 5.41) is 8.47. The van der Waals surface area contributed by atoms with Gasteiger partial charge in [0.25, 0.3) is 0 Å². The highest BCUT2D eigenvalue weighted by Gasteiger charge is 2.30. The summed E-state index contributed by atoms with van der Waals surface area (Å²) in [5.74, 6) is 1.61. The maximum Gasteiger partial charge on any atom is 0.122 e. The number of hydrogen-bond acceptors (Lipinski definition) is 4. The zero-order valence-electron chi connectivity index (χ0n) is 13.2. The maximum atomic E-state index is 5.83. The summed E-state index contributed by atoms with van der Waals surface area (Å²) in [6.07, 6.45) is 4.54. The van der Waals surface area contributed by atoms with Gasteiger partial charge in [-0.1, -0.05) is 23.4 Å². The third kappa shape index (κ3) is 3.47. The van der Waals surface area contributed by atoms with Crippen molar-refractivity contribution in [3.05, 3.63) is 41.2 Å². The topological polar surface area (TPSA) is 66.0 Å². The van der Waals surface area contributed by atoms with Gasteiger partial charge in [0, 0.05) is 19.0 Å². The molecule has 118 valence electrons. The second kappa shape index (κ2) is 6.92. The number of benzene rings is 1. The Morgan fingerprint density at radius 1 is 1.27 bits per heavy atom. The molecule has 0 amide bonds. The zero-order valence-corrected chi connectivity index (χ0v) is 13.2. The van der Waals surface area contributed by atoms with Crippen molar-refractivity contribution in [3.8, 4) is 5.75 Å². The lowest BCUT2D eigenvalue weighted by atomic mass is 10.2.